The quantitative estimate of drug-likeness (QED) is 0.793. The van der Waals surface area contributed by atoms with E-state index in [0.29, 0.717) is 13.1 Å². The van der Waals surface area contributed by atoms with Gasteiger partial charge in [-0.1, -0.05) is 43.5 Å². The summed E-state index contributed by atoms with van der Waals surface area (Å²) in [6.07, 6.45) is 4.90. The number of carbonyl (C=O) groups is 1. The summed E-state index contributed by atoms with van der Waals surface area (Å²) in [5.74, 6) is -0.129. The van der Waals surface area contributed by atoms with Crippen LogP contribution in [0.4, 0.5) is 0 Å². The molecule has 0 spiro atoms. The standard InChI is InChI=1S/C17H24N2O2/c20-16(19-12-17(21)8-4-1-5-9-17)15-11-18-10-13-6-2-3-7-14(13)15/h2-3,6-7,15,18,21H,1,4-5,8-12H2,(H,19,20). The van der Waals surface area contributed by atoms with Gasteiger partial charge in [0.05, 0.1) is 11.5 Å². The first-order chi connectivity index (χ1) is 10.2. The van der Waals surface area contributed by atoms with E-state index >= 15 is 0 Å². The molecule has 0 aromatic heterocycles. The molecule has 1 aromatic carbocycles. The summed E-state index contributed by atoms with van der Waals surface area (Å²) >= 11 is 0. The van der Waals surface area contributed by atoms with Gasteiger partial charge >= 0.3 is 0 Å². The third-order valence-electron chi connectivity index (χ3n) is 4.79. The van der Waals surface area contributed by atoms with Crippen LogP contribution in [0.15, 0.2) is 24.3 Å². The van der Waals surface area contributed by atoms with Crippen molar-refractivity contribution in [1.29, 1.82) is 0 Å². The molecule has 1 atom stereocenters. The minimum Gasteiger partial charge on any atom is -0.388 e. The van der Waals surface area contributed by atoms with Crippen LogP contribution in [0.25, 0.3) is 0 Å². The fourth-order valence-corrected chi connectivity index (χ4v) is 3.49. The molecular formula is C17H24N2O2. The lowest BCUT2D eigenvalue weighted by Gasteiger charge is -2.33. The van der Waals surface area contributed by atoms with E-state index in [9.17, 15) is 9.90 Å². The fourth-order valence-electron chi connectivity index (χ4n) is 3.49. The minimum atomic E-state index is -0.699. The molecule has 21 heavy (non-hydrogen) atoms. The van der Waals surface area contributed by atoms with E-state index in [1.54, 1.807) is 0 Å². The molecule has 2 aliphatic rings. The van der Waals surface area contributed by atoms with Crippen LogP contribution in [-0.4, -0.2) is 29.7 Å². The first-order valence-corrected chi connectivity index (χ1v) is 7.97. The van der Waals surface area contributed by atoms with Gasteiger partial charge in [0, 0.05) is 19.6 Å². The summed E-state index contributed by atoms with van der Waals surface area (Å²) in [5, 5.41) is 16.8. The smallest absolute Gasteiger partial charge is 0.228 e. The van der Waals surface area contributed by atoms with Crippen molar-refractivity contribution in [2.75, 3.05) is 13.1 Å². The predicted octanol–water partition coefficient (Wildman–Crippen LogP) is 1.68. The molecule has 1 aromatic rings. The number of hydrogen-bond acceptors (Lipinski definition) is 3. The van der Waals surface area contributed by atoms with Gasteiger partial charge in [0.15, 0.2) is 0 Å². The van der Waals surface area contributed by atoms with Crippen LogP contribution < -0.4 is 10.6 Å². The normalized spacial score (nSPS) is 24.1. The van der Waals surface area contributed by atoms with Gasteiger partial charge < -0.3 is 15.7 Å². The van der Waals surface area contributed by atoms with Crippen LogP contribution in [-0.2, 0) is 11.3 Å². The van der Waals surface area contributed by atoms with Crippen LogP contribution in [0.3, 0.4) is 0 Å². The van der Waals surface area contributed by atoms with E-state index in [1.165, 1.54) is 12.0 Å². The molecule has 4 heteroatoms. The Morgan fingerprint density at radius 2 is 2.05 bits per heavy atom. The van der Waals surface area contributed by atoms with Gasteiger partial charge in [0.25, 0.3) is 0 Å². The number of amides is 1. The summed E-state index contributed by atoms with van der Waals surface area (Å²) < 4.78 is 0. The Morgan fingerprint density at radius 1 is 1.29 bits per heavy atom. The second kappa shape index (κ2) is 6.16. The highest BCUT2D eigenvalue weighted by molar-refractivity contribution is 5.84. The summed E-state index contributed by atoms with van der Waals surface area (Å²) in [7, 11) is 0. The molecule has 1 heterocycles. The van der Waals surface area contributed by atoms with Crippen molar-refractivity contribution in [3.63, 3.8) is 0 Å². The Bertz CT molecular complexity index is 509. The Labute approximate surface area is 125 Å². The van der Waals surface area contributed by atoms with E-state index in [4.69, 9.17) is 0 Å². The van der Waals surface area contributed by atoms with Gasteiger partial charge in [0.2, 0.25) is 5.91 Å². The number of nitrogens with one attached hydrogen (secondary N) is 2. The highest BCUT2D eigenvalue weighted by Gasteiger charge is 2.32. The third kappa shape index (κ3) is 3.27. The number of rotatable bonds is 3. The van der Waals surface area contributed by atoms with E-state index in [2.05, 4.69) is 16.7 Å². The van der Waals surface area contributed by atoms with Gasteiger partial charge in [-0.15, -0.1) is 0 Å². The highest BCUT2D eigenvalue weighted by atomic mass is 16.3. The molecule has 0 saturated heterocycles. The molecule has 114 valence electrons. The number of aliphatic hydroxyl groups is 1. The number of fused-ring (bicyclic) bond motifs is 1. The van der Waals surface area contributed by atoms with Crippen molar-refractivity contribution in [2.45, 2.75) is 50.2 Å². The second-order valence-electron chi connectivity index (χ2n) is 6.39. The lowest BCUT2D eigenvalue weighted by molar-refractivity contribution is -0.124. The second-order valence-corrected chi connectivity index (χ2v) is 6.39. The van der Waals surface area contributed by atoms with Crippen LogP contribution in [0.2, 0.25) is 0 Å². The van der Waals surface area contributed by atoms with Crippen molar-refractivity contribution >= 4 is 5.91 Å². The molecule has 1 fully saturated rings. The van der Waals surface area contributed by atoms with Crippen LogP contribution in [0, 0.1) is 0 Å². The number of carbonyl (C=O) groups excluding carboxylic acids is 1. The van der Waals surface area contributed by atoms with Gasteiger partial charge in [-0.05, 0) is 24.0 Å². The van der Waals surface area contributed by atoms with Gasteiger partial charge in [-0.3, -0.25) is 4.79 Å². The molecule has 3 N–H and O–H groups in total. The SMILES string of the molecule is O=C(NCC1(O)CCCCC1)C1CNCc2ccccc21. The van der Waals surface area contributed by atoms with Gasteiger partial charge in [-0.25, -0.2) is 0 Å². The minimum absolute atomic E-state index is 0.0219. The molecular weight excluding hydrogens is 264 g/mol. The Hall–Kier alpha value is -1.39. The van der Waals surface area contributed by atoms with E-state index < -0.39 is 5.60 Å². The lowest BCUT2D eigenvalue weighted by Crippen LogP contribution is -2.47. The predicted molar refractivity (Wildman–Crippen MR) is 81.9 cm³/mol. The van der Waals surface area contributed by atoms with Gasteiger partial charge in [-0.2, -0.15) is 0 Å². The maximum absolute atomic E-state index is 12.5. The van der Waals surface area contributed by atoms with E-state index in [0.717, 1.165) is 37.8 Å². The zero-order valence-electron chi connectivity index (χ0n) is 12.4. The molecule has 1 aliphatic carbocycles. The van der Waals surface area contributed by atoms with Crippen molar-refractivity contribution < 1.29 is 9.90 Å². The van der Waals surface area contributed by atoms with Crippen molar-refractivity contribution in [2.24, 2.45) is 0 Å². The number of hydrogen-bond donors (Lipinski definition) is 3. The largest absolute Gasteiger partial charge is 0.388 e. The zero-order chi connectivity index (χ0) is 14.7. The first kappa shape index (κ1) is 14.5. The van der Waals surface area contributed by atoms with E-state index in [1.807, 2.05) is 18.2 Å². The molecule has 4 nitrogen and oxygen atoms in total. The Balaban J connectivity index is 1.64. The molecule has 1 amide bonds. The van der Waals surface area contributed by atoms with Crippen molar-refractivity contribution in [3.8, 4) is 0 Å². The third-order valence-corrected chi connectivity index (χ3v) is 4.79. The molecule has 0 radical (unpaired) electrons. The Morgan fingerprint density at radius 3 is 2.86 bits per heavy atom. The molecule has 1 saturated carbocycles. The monoisotopic (exact) mass is 288 g/mol. The van der Waals surface area contributed by atoms with Crippen LogP contribution in [0.5, 0.6) is 0 Å². The number of benzene rings is 1. The van der Waals surface area contributed by atoms with Crippen LogP contribution in [0.1, 0.15) is 49.1 Å². The van der Waals surface area contributed by atoms with Gasteiger partial charge in [0.1, 0.15) is 0 Å². The van der Waals surface area contributed by atoms with Crippen molar-refractivity contribution in [1.82, 2.24) is 10.6 Å². The lowest BCUT2D eigenvalue weighted by atomic mass is 9.84. The highest BCUT2D eigenvalue weighted by Crippen LogP contribution is 2.28. The average Bonchev–Trinajstić information content (AvgIpc) is 2.53. The maximum Gasteiger partial charge on any atom is 0.228 e. The topological polar surface area (TPSA) is 61.4 Å². The zero-order valence-corrected chi connectivity index (χ0v) is 12.4. The molecule has 3 rings (SSSR count). The summed E-state index contributed by atoms with van der Waals surface area (Å²) in [6.45, 7) is 1.87. The maximum atomic E-state index is 12.5. The molecule has 0 bridgehead atoms. The summed E-state index contributed by atoms with van der Waals surface area (Å²) in [6, 6.07) is 8.09. The first-order valence-electron chi connectivity index (χ1n) is 7.97. The Kier molecular flexibility index (Phi) is 4.27. The summed E-state index contributed by atoms with van der Waals surface area (Å²) in [4.78, 5) is 12.5. The van der Waals surface area contributed by atoms with E-state index in [-0.39, 0.29) is 11.8 Å². The molecule has 1 unspecified atom stereocenters. The molecule has 1 aliphatic heterocycles. The van der Waals surface area contributed by atoms with Crippen LogP contribution >= 0.6 is 0 Å². The van der Waals surface area contributed by atoms with Crippen molar-refractivity contribution in [3.05, 3.63) is 35.4 Å². The summed E-state index contributed by atoms with van der Waals surface area (Å²) in [5.41, 5.74) is 1.61. The fraction of sp³-hybridized carbons (Fsp3) is 0.588. The average molecular weight is 288 g/mol.